The SMILES string of the molecule is Cc1ccc(N[C@@H]2CCS(=O)(=O)C2)cc1. The average Bonchev–Trinajstić information content (AvgIpc) is 2.50. The monoisotopic (exact) mass is 225 g/mol. The quantitative estimate of drug-likeness (QED) is 0.831. The van der Waals surface area contributed by atoms with E-state index >= 15 is 0 Å². The fourth-order valence-corrected chi connectivity index (χ4v) is 3.47. The summed E-state index contributed by atoms with van der Waals surface area (Å²) in [6.07, 6.45) is 0.718. The molecule has 0 saturated carbocycles. The molecule has 1 fully saturated rings. The number of nitrogens with one attached hydrogen (secondary N) is 1. The highest BCUT2D eigenvalue weighted by Crippen LogP contribution is 2.17. The molecular weight excluding hydrogens is 210 g/mol. The molecule has 0 bridgehead atoms. The minimum absolute atomic E-state index is 0.0812. The number of anilines is 1. The predicted molar refractivity (Wildman–Crippen MR) is 61.9 cm³/mol. The van der Waals surface area contributed by atoms with Crippen LogP contribution >= 0.6 is 0 Å². The van der Waals surface area contributed by atoms with Gasteiger partial charge in [0.15, 0.2) is 9.84 Å². The number of sulfone groups is 1. The Kier molecular flexibility index (Phi) is 2.69. The average molecular weight is 225 g/mol. The standard InChI is InChI=1S/C11H15NO2S/c1-9-2-4-10(5-3-9)12-11-6-7-15(13,14)8-11/h2-5,11-12H,6-8H2,1H3/t11-/m1/s1. The summed E-state index contributed by atoms with van der Waals surface area (Å²) < 4.78 is 22.5. The van der Waals surface area contributed by atoms with Crippen molar-refractivity contribution in [2.24, 2.45) is 0 Å². The van der Waals surface area contributed by atoms with Crippen LogP contribution in [0.15, 0.2) is 24.3 Å². The molecule has 2 rings (SSSR count). The van der Waals surface area contributed by atoms with Crippen LogP contribution in [0.2, 0.25) is 0 Å². The second-order valence-electron chi connectivity index (χ2n) is 4.11. The molecule has 0 unspecified atom stereocenters. The number of hydrogen-bond acceptors (Lipinski definition) is 3. The van der Waals surface area contributed by atoms with E-state index < -0.39 is 9.84 Å². The Hall–Kier alpha value is -1.03. The lowest BCUT2D eigenvalue weighted by atomic mass is 10.2. The van der Waals surface area contributed by atoms with Crippen molar-refractivity contribution in [3.05, 3.63) is 29.8 Å². The molecule has 1 saturated heterocycles. The molecule has 1 aromatic rings. The highest BCUT2D eigenvalue weighted by Gasteiger charge is 2.27. The summed E-state index contributed by atoms with van der Waals surface area (Å²) in [5, 5.41) is 3.24. The van der Waals surface area contributed by atoms with E-state index in [4.69, 9.17) is 0 Å². The van der Waals surface area contributed by atoms with Crippen molar-refractivity contribution in [2.45, 2.75) is 19.4 Å². The van der Waals surface area contributed by atoms with Gasteiger partial charge in [-0.2, -0.15) is 0 Å². The third-order valence-electron chi connectivity index (χ3n) is 2.65. The van der Waals surface area contributed by atoms with Gasteiger partial charge in [0, 0.05) is 11.7 Å². The van der Waals surface area contributed by atoms with Gasteiger partial charge in [0.25, 0.3) is 0 Å². The minimum atomic E-state index is -2.79. The molecule has 15 heavy (non-hydrogen) atoms. The minimum Gasteiger partial charge on any atom is -0.381 e. The maximum absolute atomic E-state index is 11.2. The Morgan fingerprint density at radius 2 is 1.93 bits per heavy atom. The first-order valence-corrected chi connectivity index (χ1v) is 6.91. The van der Waals surface area contributed by atoms with Crippen molar-refractivity contribution in [3.63, 3.8) is 0 Å². The lowest BCUT2D eigenvalue weighted by molar-refractivity contribution is 0.602. The predicted octanol–water partition coefficient (Wildman–Crippen LogP) is 1.59. The highest BCUT2D eigenvalue weighted by atomic mass is 32.2. The smallest absolute Gasteiger partial charge is 0.152 e. The summed E-state index contributed by atoms with van der Waals surface area (Å²) in [4.78, 5) is 0. The number of hydrogen-bond donors (Lipinski definition) is 1. The third kappa shape index (κ3) is 2.72. The van der Waals surface area contributed by atoms with Crippen molar-refractivity contribution in [3.8, 4) is 0 Å². The largest absolute Gasteiger partial charge is 0.381 e. The van der Waals surface area contributed by atoms with E-state index in [1.165, 1.54) is 5.56 Å². The van der Waals surface area contributed by atoms with E-state index in [1.54, 1.807) is 0 Å². The molecular formula is C11H15NO2S. The zero-order valence-electron chi connectivity index (χ0n) is 8.73. The normalized spacial score (nSPS) is 23.9. The van der Waals surface area contributed by atoms with Crippen LogP contribution in [0.1, 0.15) is 12.0 Å². The van der Waals surface area contributed by atoms with E-state index in [0.717, 1.165) is 12.1 Å². The molecule has 0 amide bonds. The number of benzene rings is 1. The zero-order valence-corrected chi connectivity index (χ0v) is 9.55. The summed E-state index contributed by atoms with van der Waals surface area (Å²) in [6.45, 7) is 2.03. The summed E-state index contributed by atoms with van der Waals surface area (Å²) >= 11 is 0. The van der Waals surface area contributed by atoms with E-state index in [0.29, 0.717) is 5.75 Å². The highest BCUT2D eigenvalue weighted by molar-refractivity contribution is 7.91. The maximum Gasteiger partial charge on any atom is 0.152 e. The summed E-state index contributed by atoms with van der Waals surface area (Å²) in [5.41, 5.74) is 2.21. The molecule has 4 heteroatoms. The summed E-state index contributed by atoms with van der Waals surface area (Å²) in [6, 6.07) is 8.09. The Morgan fingerprint density at radius 3 is 2.47 bits per heavy atom. The molecule has 0 radical (unpaired) electrons. The molecule has 1 N–H and O–H groups in total. The fraction of sp³-hybridized carbons (Fsp3) is 0.455. The molecule has 82 valence electrons. The molecule has 1 aliphatic rings. The van der Waals surface area contributed by atoms with Gasteiger partial charge in [-0.1, -0.05) is 17.7 Å². The second kappa shape index (κ2) is 3.85. The van der Waals surface area contributed by atoms with E-state index in [2.05, 4.69) is 5.32 Å². The van der Waals surface area contributed by atoms with Gasteiger partial charge >= 0.3 is 0 Å². The Bertz CT molecular complexity index is 436. The van der Waals surface area contributed by atoms with Crippen LogP contribution in [-0.4, -0.2) is 26.0 Å². The zero-order chi connectivity index (χ0) is 10.9. The van der Waals surface area contributed by atoms with E-state index in [-0.39, 0.29) is 11.8 Å². The van der Waals surface area contributed by atoms with Crippen molar-refractivity contribution < 1.29 is 8.42 Å². The number of rotatable bonds is 2. The molecule has 1 aliphatic heterocycles. The van der Waals surface area contributed by atoms with Gasteiger partial charge < -0.3 is 5.32 Å². The molecule has 0 aliphatic carbocycles. The van der Waals surface area contributed by atoms with Crippen molar-refractivity contribution in [1.82, 2.24) is 0 Å². The van der Waals surface area contributed by atoms with Crippen molar-refractivity contribution in [2.75, 3.05) is 16.8 Å². The fourth-order valence-electron chi connectivity index (χ4n) is 1.79. The van der Waals surface area contributed by atoms with Crippen LogP contribution in [0.3, 0.4) is 0 Å². The van der Waals surface area contributed by atoms with Crippen molar-refractivity contribution >= 4 is 15.5 Å². The summed E-state index contributed by atoms with van der Waals surface area (Å²) in [7, 11) is -2.79. The maximum atomic E-state index is 11.2. The molecule has 1 atom stereocenters. The Balaban J connectivity index is 2.02. The lowest BCUT2D eigenvalue weighted by Gasteiger charge is -2.12. The Morgan fingerprint density at radius 1 is 1.27 bits per heavy atom. The third-order valence-corrected chi connectivity index (χ3v) is 4.42. The van der Waals surface area contributed by atoms with Crippen LogP contribution in [-0.2, 0) is 9.84 Å². The molecule has 3 nitrogen and oxygen atoms in total. The van der Waals surface area contributed by atoms with Gasteiger partial charge in [-0.25, -0.2) is 8.42 Å². The second-order valence-corrected chi connectivity index (χ2v) is 6.34. The molecule has 0 aromatic heterocycles. The van der Waals surface area contributed by atoms with Crippen LogP contribution in [0, 0.1) is 6.92 Å². The van der Waals surface area contributed by atoms with Crippen LogP contribution in [0.5, 0.6) is 0 Å². The molecule has 0 spiro atoms. The molecule has 1 heterocycles. The van der Waals surface area contributed by atoms with Gasteiger partial charge in [-0.15, -0.1) is 0 Å². The van der Waals surface area contributed by atoms with Crippen molar-refractivity contribution in [1.29, 1.82) is 0 Å². The van der Waals surface area contributed by atoms with Crippen LogP contribution < -0.4 is 5.32 Å². The number of aryl methyl sites for hydroxylation is 1. The van der Waals surface area contributed by atoms with Gasteiger partial charge in [0.1, 0.15) is 0 Å². The van der Waals surface area contributed by atoms with E-state index in [9.17, 15) is 8.42 Å². The summed E-state index contributed by atoms with van der Waals surface area (Å²) in [5.74, 6) is 0.581. The topological polar surface area (TPSA) is 46.2 Å². The van der Waals surface area contributed by atoms with Crippen LogP contribution in [0.25, 0.3) is 0 Å². The molecule has 1 aromatic carbocycles. The first-order valence-electron chi connectivity index (χ1n) is 5.09. The van der Waals surface area contributed by atoms with Gasteiger partial charge in [0.2, 0.25) is 0 Å². The first-order chi connectivity index (χ1) is 7.05. The van der Waals surface area contributed by atoms with Gasteiger partial charge in [-0.05, 0) is 25.5 Å². The Labute approximate surface area is 90.4 Å². The van der Waals surface area contributed by atoms with Gasteiger partial charge in [0.05, 0.1) is 11.5 Å². The van der Waals surface area contributed by atoms with Gasteiger partial charge in [-0.3, -0.25) is 0 Å². The first kappa shape index (κ1) is 10.5. The lowest BCUT2D eigenvalue weighted by Crippen LogP contribution is -2.20. The van der Waals surface area contributed by atoms with E-state index in [1.807, 2.05) is 31.2 Å². The van der Waals surface area contributed by atoms with Crippen LogP contribution in [0.4, 0.5) is 5.69 Å².